The lowest BCUT2D eigenvalue weighted by Crippen LogP contribution is -1.98. The van der Waals surface area contributed by atoms with Crippen molar-refractivity contribution in [2.45, 2.75) is 6.61 Å². The number of nitrogens with zero attached hydrogens (tertiary/aromatic N) is 3. The Morgan fingerprint density at radius 3 is 2.57 bits per heavy atom. The largest absolute Gasteiger partial charge is 0.472 e. The first-order valence-electron chi connectivity index (χ1n) is 6.42. The molecule has 0 aliphatic carbocycles. The Morgan fingerprint density at radius 1 is 1.00 bits per heavy atom. The Hall–Kier alpha value is -2.46. The van der Waals surface area contributed by atoms with Crippen molar-refractivity contribution >= 4 is 11.6 Å². The maximum absolute atomic E-state index is 5.75. The van der Waals surface area contributed by atoms with Crippen molar-refractivity contribution in [3.05, 3.63) is 71.8 Å². The number of aromatic nitrogens is 3. The van der Waals surface area contributed by atoms with Crippen LogP contribution in [0.2, 0.25) is 5.15 Å². The van der Waals surface area contributed by atoms with Crippen LogP contribution >= 0.6 is 11.6 Å². The van der Waals surface area contributed by atoms with Crippen LogP contribution in [0.5, 0.6) is 5.88 Å². The third-order valence-electron chi connectivity index (χ3n) is 2.88. The Morgan fingerprint density at radius 2 is 1.86 bits per heavy atom. The molecule has 0 amide bonds. The van der Waals surface area contributed by atoms with Crippen LogP contribution in [0.1, 0.15) is 5.56 Å². The predicted octanol–water partition coefficient (Wildman–Crippen LogP) is 3.77. The molecule has 2 aromatic heterocycles. The fraction of sp³-hybridized carbons (Fsp3) is 0.0625. The van der Waals surface area contributed by atoms with Gasteiger partial charge in [-0.15, -0.1) is 0 Å². The van der Waals surface area contributed by atoms with E-state index >= 15 is 0 Å². The van der Waals surface area contributed by atoms with Crippen LogP contribution in [0.4, 0.5) is 0 Å². The minimum atomic E-state index is 0.318. The molecule has 5 heteroatoms. The maximum Gasteiger partial charge on any atom is 0.234 e. The summed E-state index contributed by atoms with van der Waals surface area (Å²) in [5.41, 5.74) is 3.06. The van der Waals surface area contributed by atoms with Crippen LogP contribution in [-0.4, -0.2) is 15.0 Å². The third kappa shape index (κ3) is 3.55. The molecule has 0 N–H and O–H groups in total. The van der Waals surface area contributed by atoms with E-state index in [1.807, 2.05) is 42.5 Å². The zero-order valence-electron chi connectivity index (χ0n) is 11.1. The van der Waals surface area contributed by atoms with Crippen molar-refractivity contribution in [3.8, 4) is 17.1 Å². The van der Waals surface area contributed by atoms with Gasteiger partial charge in [-0.3, -0.25) is 9.97 Å². The number of benzene rings is 1. The summed E-state index contributed by atoms with van der Waals surface area (Å²) >= 11 is 5.75. The standard InChI is InChI=1S/C16H12ClN3O/c17-15-9-18-10-16(20-15)21-11-12-4-6-13(7-5-12)14-3-1-2-8-19-14/h1-10H,11H2. The van der Waals surface area contributed by atoms with Crippen LogP contribution in [-0.2, 0) is 6.61 Å². The first kappa shape index (κ1) is 13.5. The number of pyridine rings is 1. The van der Waals surface area contributed by atoms with Gasteiger partial charge in [-0.05, 0) is 17.7 Å². The number of rotatable bonds is 4. The molecule has 0 fully saturated rings. The van der Waals surface area contributed by atoms with E-state index in [1.165, 1.54) is 12.4 Å². The number of hydrogen-bond donors (Lipinski definition) is 0. The normalized spacial score (nSPS) is 10.3. The highest BCUT2D eigenvalue weighted by molar-refractivity contribution is 6.29. The topological polar surface area (TPSA) is 47.9 Å². The fourth-order valence-electron chi connectivity index (χ4n) is 1.86. The van der Waals surface area contributed by atoms with Gasteiger partial charge in [0.1, 0.15) is 6.61 Å². The molecule has 21 heavy (non-hydrogen) atoms. The monoisotopic (exact) mass is 297 g/mol. The summed E-state index contributed by atoms with van der Waals surface area (Å²) in [6.07, 6.45) is 4.79. The summed E-state index contributed by atoms with van der Waals surface area (Å²) in [6, 6.07) is 13.9. The number of ether oxygens (including phenoxy) is 1. The molecular formula is C16H12ClN3O. The van der Waals surface area contributed by atoms with Gasteiger partial charge in [0.15, 0.2) is 5.15 Å². The lowest BCUT2D eigenvalue weighted by molar-refractivity contribution is 0.292. The molecular weight excluding hydrogens is 286 g/mol. The van der Waals surface area contributed by atoms with Crippen LogP contribution in [0.25, 0.3) is 11.3 Å². The van der Waals surface area contributed by atoms with Crippen LogP contribution in [0, 0.1) is 0 Å². The van der Waals surface area contributed by atoms with Gasteiger partial charge in [0.2, 0.25) is 5.88 Å². The first-order chi connectivity index (χ1) is 10.3. The second kappa shape index (κ2) is 6.33. The van der Waals surface area contributed by atoms with E-state index in [4.69, 9.17) is 16.3 Å². The molecule has 0 saturated carbocycles. The van der Waals surface area contributed by atoms with Crippen LogP contribution < -0.4 is 4.74 Å². The molecule has 3 rings (SSSR count). The minimum Gasteiger partial charge on any atom is -0.472 e. The van der Waals surface area contributed by atoms with E-state index in [0.29, 0.717) is 17.6 Å². The molecule has 0 bridgehead atoms. The average molecular weight is 298 g/mol. The smallest absolute Gasteiger partial charge is 0.234 e. The van der Waals surface area contributed by atoms with E-state index in [1.54, 1.807) is 6.20 Å². The Balaban J connectivity index is 1.68. The number of halogens is 1. The zero-order valence-corrected chi connectivity index (χ0v) is 11.9. The maximum atomic E-state index is 5.75. The van der Waals surface area contributed by atoms with Crippen LogP contribution in [0.3, 0.4) is 0 Å². The van der Waals surface area contributed by atoms with E-state index in [2.05, 4.69) is 15.0 Å². The SMILES string of the molecule is Clc1cncc(OCc2ccc(-c3ccccn3)cc2)n1. The molecule has 4 nitrogen and oxygen atoms in total. The minimum absolute atomic E-state index is 0.318. The second-order valence-corrected chi connectivity index (χ2v) is 4.77. The first-order valence-corrected chi connectivity index (χ1v) is 6.80. The molecule has 0 aliphatic heterocycles. The van der Waals surface area contributed by atoms with Gasteiger partial charge in [-0.25, -0.2) is 0 Å². The average Bonchev–Trinajstić information content (AvgIpc) is 2.54. The Bertz CT molecular complexity index is 717. The molecule has 0 spiro atoms. The van der Waals surface area contributed by atoms with Gasteiger partial charge in [0.25, 0.3) is 0 Å². The summed E-state index contributed by atoms with van der Waals surface area (Å²) < 4.78 is 5.54. The summed E-state index contributed by atoms with van der Waals surface area (Å²) in [6.45, 7) is 0.414. The number of hydrogen-bond acceptors (Lipinski definition) is 4. The molecule has 104 valence electrons. The van der Waals surface area contributed by atoms with Gasteiger partial charge < -0.3 is 4.74 Å². The van der Waals surface area contributed by atoms with Gasteiger partial charge in [0, 0.05) is 11.8 Å². The van der Waals surface area contributed by atoms with Crippen molar-refractivity contribution in [2.24, 2.45) is 0 Å². The summed E-state index contributed by atoms with van der Waals surface area (Å²) in [4.78, 5) is 12.3. The molecule has 0 radical (unpaired) electrons. The van der Waals surface area contributed by atoms with E-state index in [0.717, 1.165) is 16.8 Å². The van der Waals surface area contributed by atoms with Crippen molar-refractivity contribution < 1.29 is 4.74 Å². The highest BCUT2D eigenvalue weighted by Gasteiger charge is 2.01. The quantitative estimate of drug-likeness (QED) is 0.735. The third-order valence-corrected chi connectivity index (χ3v) is 3.07. The van der Waals surface area contributed by atoms with Crippen LogP contribution in [0.15, 0.2) is 61.1 Å². The van der Waals surface area contributed by atoms with Gasteiger partial charge in [0.05, 0.1) is 18.1 Å². The van der Waals surface area contributed by atoms with Crippen molar-refractivity contribution in [3.63, 3.8) is 0 Å². The Kier molecular flexibility index (Phi) is 4.07. The van der Waals surface area contributed by atoms with Crippen molar-refractivity contribution in [2.75, 3.05) is 0 Å². The summed E-state index contributed by atoms with van der Waals surface area (Å²) in [7, 11) is 0. The second-order valence-electron chi connectivity index (χ2n) is 4.38. The Labute approximate surface area is 127 Å². The van der Waals surface area contributed by atoms with E-state index in [-0.39, 0.29) is 0 Å². The van der Waals surface area contributed by atoms with Crippen molar-refractivity contribution in [1.29, 1.82) is 0 Å². The molecule has 0 saturated heterocycles. The van der Waals surface area contributed by atoms with E-state index in [9.17, 15) is 0 Å². The molecule has 0 unspecified atom stereocenters. The predicted molar refractivity (Wildman–Crippen MR) is 81.0 cm³/mol. The van der Waals surface area contributed by atoms with Gasteiger partial charge >= 0.3 is 0 Å². The van der Waals surface area contributed by atoms with Gasteiger partial charge in [-0.2, -0.15) is 4.98 Å². The molecule has 0 atom stereocenters. The van der Waals surface area contributed by atoms with E-state index < -0.39 is 0 Å². The zero-order chi connectivity index (χ0) is 14.5. The molecule has 3 aromatic rings. The van der Waals surface area contributed by atoms with Gasteiger partial charge in [-0.1, -0.05) is 41.9 Å². The fourth-order valence-corrected chi connectivity index (χ4v) is 2.00. The molecule has 1 aromatic carbocycles. The lowest BCUT2D eigenvalue weighted by Gasteiger charge is -2.06. The van der Waals surface area contributed by atoms with Crippen molar-refractivity contribution in [1.82, 2.24) is 15.0 Å². The highest BCUT2D eigenvalue weighted by atomic mass is 35.5. The summed E-state index contributed by atoms with van der Waals surface area (Å²) in [5, 5.41) is 0.318. The molecule has 2 heterocycles. The summed E-state index contributed by atoms with van der Waals surface area (Å²) in [5.74, 6) is 0.413. The lowest BCUT2D eigenvalue weighted by atomic mass is 10.1. The molecule has 0 aliphatic rings. The highest BCUT2D eigenvalue weighted by Crippen LogP contribution is 2.18.